The third-order valence-electron chi connectivity index (χ3n) is 6.97. The minimum absolute atomic E-state index is 0.203. The van der Waals surface area contributed by atoms with E-state index in [1.807, 2.05) is 17.8 Å². The van der Waals surface area contributed by atoms with E-state index in [1.54, 1.807) is 6.33 Å². The van der Waals surface area contributed by atoms with Gasteiger partial charge in [-0.15, -0.1) is 0 Å². The molecule has 156 valence electrons. The van der Waals surface area contributed by atoms with Gasteiger partial charge in [0.15, 0.2) is 5.82 Å². The van der Waals surface area contributed by atoms with Crippen LogP contribution < -0.4 is 5.46 Å². The summed E-state index contributed by atoms with van der Waals surface area (Å²) in [6.45, 7) is 8.28. The number of hydrogen-bond acceptors (Lipinski definition) is 6. The predicted octanol–water partition coefficient (Wildman–Crippen LogP) is 3.24. The van der Waals surface area contributed by atoms with E-state index >= 15 is 0 Å². The number of nitrogens with zero attached hydrogens (tertiary/aromatic N) is 4. The summed E-state index contributed by atoms with van der Waals surface area (Å²) in [7, 11) is 1.56. The summed E-state index contributed by atoms with van der Waals surface area (Å²) < 4.78 is 19.8. The average Bonchev–Trinajstić information content (AvgIpc) is 3.34. The van der Waals surface area contributed by atoms with Gasteiger partial charge in [0.05, 0.1) is 22.9 Å². The van der Waals surface area contributed by atoms with Crippen LogP contribution in [-0.2, 0) is 21.8 Å². The lowest BCUT2D eigenvalue weighted by Gasteiger charge is -2.39. The number of hydrogen-bond donors (Lipinski definition) is 0. The molecule has 0 N–H and O–H groups in total. The summed E-state index contributed by atoms with van der Waals surface area (Å²) >= 11 is 0. The Balaban J connectivity index is 1.41. The summed E-state index contributed by atoms with van der Waals surface area (Å²) in [4.78, 5) is 9.02. The Labute approximate surface area is 176 Å². The molecule has 2 fully saturated rings. The van der Waals surface area contributed by atoms with Gasteiger partial charge in [-0.25, -0.2) is 4.98 Å². The highest BCUT2D eigenvalue weighted by Gasteiger charge is 2.52. The van der Waals surface area contributed by atoms with Gasteiger partial charge in [-0.2, -0.15) is 4.98 Å². The van der Waals surface area contributed by atoms with E-state index in [-0.39, 0.29) is 23.7 Å². The second-order valence-electron chi connectivity index (χ2n) is 9.49. The van der Waals surface area contributed by atoms with Crippen molar-refractivity contribution in [2.45, 2.75) is 63.6 Å². The van der Waals surface area contributed by atoms with Crippen molar-refractivity contribution >= 4 is 12.6 Å². The van der Waals surface area contributed by atoms with Crippen LogP contribution in [0.4, 0.5) is 0 Å². The lowest BCUT2D eigenvalue weighted by atomic mass is 9.63. The summed E-state index contributed by atoms with van der Waals surface area (Å²) in [6.07, 6.45) is 6.76. The fourth-order valence-corrected chi connectivity index (χ4v) is 4.16. The zero-order valence-electron chi connectivity index (χ0n) is 18.2. The lowest BCUT2D eigenvalue weighted by molar-refractivity contribution is 0.00578. The zero-order valence-corrected chi connectivity index (χ0v) is 18.2. The quantitative estimate of drug-likeness (QED) is 0.620. The number of rotatable bonds is 4. The van der Waals surface area contributed by atoms with Crippen LogP contribution in [0.25, 0.3) is 11.6 Å². The highest BCUT2D eigenvalue weighted by molar-refractivity contribution is 6.62. The van der Waals surface area contributed by atoms with Gasteiger partial charge < -0.3 is 18.4 Å². The molecule has 0 atom stereocenters. The Bertz CT molecular complexity index is 1050. The standard InChI is InChI=1S/C22H27BN4O3/c1-20(2)21(3,4)30-23(29-20)16-9-7-15(8-10-16)22(11-6-12-22)19-25-18(28-26-19)17-13-27(5)14-24-17/h7-10,13-14H,6,11-12H2,1-5H3. The third-order valence-corrected chi connectivity index (χ3v) is 6.97. The number of imidazole rings is 1. The van der Waals surface area contributed by atoms with Crippen LogP contribution in [0.2, 0.25) is 0 Å². The molecule has 8 heteroatoms. The lowest BCUT2D eigenvalue weighted by Crippen LogP contribution is -2.41. The summed E-state index contributed by atoms with van der Waals surface area (Å²) in [5.74, 6) is 1.20. The van der Waals surface area contributed by atoms with Crippen LogP contribution >= 0.6 is 0 Å². The maximum Gasteiger partial charge on any atom is 0.494 e. The Morgan fingerprint density at radius 3 is 2.20 bits per heavy atom. The first kappa shape index (κ1) is 19.5. The van der Waals surface area contributed by atoms with Gasteiger partial charge >= 0.3 is 7.12 Å². The summed E-state index contributed by atoms with van der Waals surface area (Å²) in [5.41, 5.74) is 2.01. The molecule has 0 bridgehead atoms. The SMILES string of the molecule is Cn1cnc(-c2nc(C3(c4ccc(B5OC(C)(C)C(C)(C)O5)cc4)CCC3)no2)c1. The van der Waals surface area contributed by atoms with Gasteiger partial charge in [0.1, 0.15) is 5.69 Å². The van der Waals surface area contributed by atoms with Crippen molar-refractivity contribution in [3.63, 3.8) is 0 Å². The van der Waals surface area contributed by atoms with Gasteiger partial charge in [-0.3, -0.25) is 0 Å². The number of aryl methyl sites for hydroxylation is 1. The van der Waals surface area contributed by atoms with Crippen molar-refractivity contribution in [3.05, 3.63) is 48.2 Å². The fourth-order valence-electron chi connectivity index (χ4n) is 4.16. The summed E-state index contributed by atoms with van der Waals surface area (Å²) in [5, 5.41) is 4.33. The second-order valence-corrected chi connectivity index (χ2v) is 9.49. The van der Waals surface area contributed by atoms with E-state index < -0.39 is 0 Å². The Morgan fingerprint density at radius 1 is 1.00 bits per heavy atom. The van der Waals surface area contributed by atoms with Gasteiger partial charge in [0, 0.05) is 13.2 Å². The van der Waals surface area contributed by atoms with Crippen molar-refractivity contribution in [2.75, 3.05) is 0 Å². The highest BCUT2D eigenvalue weighted by atomic mass is 16.7. The van der Waals surface area contributed by atoms with Crippen molar-refractivity contribution in [1.29, 1.82) is 0 Å². The van der Waals surface area contributed by atoms with Gasteiger partial charge in [-0.1, -0.05) is 35.8 Å². The van der Waals surface area contributed by atoms with Crippen molar-refractivity contribution in [1.82, 2.24) is 19.7 Å². The van der Waals surface area contributed by atoms with E-state index in [0.717, 1.165) is 30.5 Å². The van der Waals surface area contributed by atoms with Gasteiger partial charge in [-0.05, 0) is 51.6 Å². The summed E-state index contributed by atoms with van der Waals surface area (Å²) in [6, 6.07) is 8.49. The topological polar surface area (TPSA) is 75.2 Å². The molecule has 3 heterocycles. The second kappa shape index (κ2) is 6.52. The molecule has 30 heavy (non-hydrogen) atoms. The molecular formula is C22H27BN4O3. The molecule has 0 radical (unpaired) electrons. The fraction of sp³-hybridized carbons (Fsp3) is 0.500. The first-order valence-corrected chi connectivity index (χ1v) is 10.5. The minimum Gasteiger partial charge on any atom is -0.399 e. The molecule has 1 aromatic carbocycles. The molecule has 7 nitrogen and oxygen atoms in total. The Morgan fingerprint density at radius 2 is 1.67 bits per heavy atom. The van der Waals surface area contributed by atoms with E-state index in [0.29, 0.717) is 11.6 Å². The molecule has 1 aliphatic heterocycles. The third kappa shape index (κ3) is 2.93. The highest BCUT2D eigenvalue weighted by Crippen LogP contribution is 2.48. The van der Waals surface area contributed by atoms with E-state index in [1.165, 1.54) is 5.56 Å². The van der Waals surface area contributed by atoms with Gasteiger partial charge in [0.25, 0.3) is 5.89 Å². The van der Waals surface area contributed by atoms with Crippen LogP contribution in [0.15, 0.2) is 41.3 Å². The zero-order chi connectivity index (χ0) is 21.1. The molecular weight excluding hydrogens is 379 g/mol. The molecule has 0 amide bonds. The first-order chi connectivity index (χ1) is 14.2. The Kier molecular flexibility index (Phi) is 4.24. The molecule has 5 rings (SSSR count). The maximum absolute atomic E-state index is 6.18. The first-order valence-electron chi connectivity index (χ1n) is 10.5. The van der Waals surface area contributed by atoms with Crippen molar-refractivity contribution < 1.29 is 13.8 Å². The molecule has 0 unspecified atom stereocenters. The van der Waals surface area contributed by atoms with Crippen molar-refractivity contribution in [3.8, 4) is 11.6 Å². The molecule has 2 aliphatic rings. The molecule has 2 aromatic heterocycles. The van der Waals surface area contributed by atoms with Crippen LogP contribution in [0.5, 0.6) is 0 Å². The Hall–Kier alpha value is -2.45. The van der Waals surface area contributed by atoms with Crippen LogP contribution in [-0.4, -0.2) is 38.0 Å². The van der Waals surface area contributed by atoms with Crippen LogP contribution in [0.3, 0.4) is 0 Å². The van der Waals surface area contributed by atoms with Crippen LogP contribution in [0, 0.1) is 0 Å². The largest absolute Gasteiger partial charge is 0.494 e. The molecule has 0 spiro atoms. The average molecular weight is 406 g/mol. The van der Waals surface area contributed by atoms with E-state index in [2.05, 4.69) is 62.1 Å². The minimum atomic E-state index is -0.359. The maximum atomic E-state index is 6.18. The molecule has 1 saturated heterocycles. The van der Waals surface area contributed by atoms with Gasteiger partial charge in [0.2, 0.25) is 0 Å². The monoisotopic (exact) mass is 406 g/mol. The van der Waals surface area contributed by atoms with E-state index in [9.17, 15) is 0 Å². The smallest absolute Gasteiger partial charge is 0.399 e. The van der Waals surface area contributed by atoms with Crippen LogP contribution in [0.1, 0.15) is 58.3 Å². The number of benzene rings is 1. The van der Waals surface area contributed by atoms with E-state index in [4.69, 9.17) is 18.8 Å². The normalized spacial score (nSPS) is 21.6. The molecule has 1 saturated carbocycles. The van der Waals surface area contributed by atoms with Crippen molar-refractivity contribution in [2.24, 2.45) is 7.05 Å². The molecule has 3 aromatic rings. The molecule has 1 aliphatic carbocycles. The number of aromatic nitrogens is 4. The predicted molar refractivity (Wildman–Crippen MR) is 113 cm³/mol.